The highest BCUT2D eigenvalue weighted by molar-refractivity contribution is 5.79. The van der Waals surface area contributed by atoms with Crippen molar-refractivity contribution in [2.75, 3.05) is 20.2 Å². The largest absolute Gasteiger partial charge is 0.477 e. The van der Waals surface area contributed by atoms with E-state index in [4.69, 9.17) is 4.74 Å². The van der Waals surface area contributed by atoms with Gasteiger partial charge < -0.3 is 15.4 Å². The van der Waals surface area contributed by atoms with Gasteiger partial charge in [-0.3, -0.25) is 4.99 Å². The first kappa shape index (κ1) is 14.2. The first-order valence-electron chi connectivity index (χ1n) is 7.85. The van der Waals surface area contributed by atoms with Gasteiger partial charge in [-0.2, -0.15) is 0 Å². The van der Waals surface area contributed by atoms with Gasteiger partial charge in [0.15, 0.2) is 5.96 Å². The number of aliphatic imine (C=N–C) groups is 1. The van der Waals surface area contributed by atoms with Crippen LogP contribution in [0.4, 0.5) is 0 Å². The summed E-state index contributed by atoms with van der Waals surface area (Å²) in [6.45, 7) is 2.55. The third-order valence-electron chi connectivity index (χ3n) is 3.90. The van der Waals surface area contributed by atoms with Crippen molar-refractivity contribution in [3.8, 4) is 5.88 Å². The number of aromatic nitrogens is 1. The lowest BCUT2D eigenvalue weighted by Crippen LogP contribution is -2.37. The van der Waals surface area contributed by atoms with Crippen molar-refractivity contribution >= 4 is 5.96 Å². The molecule has 0 amide bonds. The second-order valence-corrected chi connectivity index (χ2v) is 6.01. The molecule has 1 heterocycles. The van der Waals surface area contributed by atoms with E-state index in [9.17, 15) is 0 Å². The summed E-state index contributed by atoms with van der Waals surface area (Å²) in [5.41, 5.74) is 1.16. The maximum absolute atomic E-state index is 5.71. The van der Waals surface area contributed by atoms with Gasteiger partial charge in [0.05, 0.1) is 6.61 Å². The molecule has 5 heteroatoms. The smallest absolute Gasteiger partial charge is 0.213 e. The summed E-state index contributed by atoms with van der Waals surface area (Å²) in [6.07, 6.45) is 7.08. The third kappa shape index (κ3) is 4.92. The summed E-state index contributed by atoms with van der Waals surface area (Å²) in [7, 11) is 1.80. The molecule has 0 atom stereocenters. The fourth-order valence-corrected chi connectivity index (χ4v) is 2.10. The van der Waals surface area contributed by atoms with Crippen LogP contribution in [0.3, 0.4) is 0 Å². The average molecular weight is 288 g/mol. The van der Waals surface area contributed by atoms with Crippen LogP contribution in [-0.4, -0.2) is 31.1 Å². The third-order valence-corrected chi connectivity index (χ3v) is 3.90. The second-order valence-electron chi connectivity index (χ2n) is 6.01. The van der Waals surface area contributed by atoms with E-state index in [1.807, 2.05) is 12.1 Å². The number of nitrogens with zero attached hydrogens (tertiary/aromatic N) is 2. The zero-order valence-corrected chi connectivity index (χ0v) is 12.6. The van der Waals surface area contributed by atoms with Gasteiger partial charge in [-0.05, 0) is 49.1 Å². The molecule has 2 N–H and O–H groups in total. The van der Waals surface area contributed by atoms with Crippen molar-refractivity contribution in [2.45, 2.75) is 32.2 Å². The van der Waals surface area contributed by atoms with Crippen molar-refractivity contribution in [3.63, 3.8) is 0 Å². The SMILES string of the molecule is CN=C(NCc1ccnc(OCC2CC2)c1)NCC1CC1. The van der Waals surface area contributed by atoms with Gasteiger partial charge in [-0.15, -0.1) is 0 Å². The normalized spacial score (nSPS) is 18.4. The summed E-state index contributed by atoms with van der Waals surface area (Å²) >= 11 is 0. The Balaban J connectivity index is 1.45. The van der Waals surface area contributed by atoms with Crippen molar-refractivity contribution in [1.82, 2.24) is 15.6 Å². The van der Waals surface area contributed by atoms with E-state index in [-0.39, 0.29) is 0 Å². The maximum atomic E-state index is 5.71. The van der Waals surface area contributed by atoms with Crippen LogP contribution in [0.5, 0.6) is 5.88 Å². The highest BCUT2D eigenvalue weighted by Gasteiger charge is 2.22. The highest BCUT2D eigenvalue weighted by atomic mass is 16.5. The lowest BCUT2D eigenvalue weighted by molar-refractivity contribution is 0.288. The summed E-state index contributed by atoms with van der Waals surface area (Å²) < 4.78 is 5.71. The van der Waals surface area contributed by atoms with Crippen LogP contribution in [-0.2, 0) is 6.54 Å². The van der Waals surface area contributed by atoms with E-state index < -0.39 is 0 Å². The molecule has 0 aliphatic heterocycles. The molecule has 0 unspecified atom stereocenters. The van der Waals surface area contributed by atoms with Crippen LogP contribution in [0.2, 0.25) is 0 Å². The van der Waals surface area contributed by atoms with Crippen LogP contribution in [0, 0.1) is 11.8 Å². The van der Waals surface area contributed by atoms with E-state index in [0.29, 0.717) is 0 Å². The second kappa shape index (κ2) is 6.78. The van der Waals surface area contributed by atoms with E-state index in [1.54, 1.807) is 13.2 Å². The molecule has 21 heavy (non-hydrogen) atoms. The average Bonchev–Trinajstić information content (AvgIpc) is 3.39. The molecule has 1 aromatic rings. The van der Waals surface area contributed by atoms with Gasteiger partial charge >= 0.3 is 0 Å². The Hall–Kier alpha value is -1.78. The topological polar surface area (TPSA) is 58.5 Å². The first-order valence-corrected chi connectivity index (χ1v) is 7.85. The molecule has 2 aliphatic carbocycles. The maximum Gasteiger partial charge on any atom is 0.213 e. The molecule has 2 saturated carbocycles. The molecule has 0 spiro atoms. The summed E-state index contributed by atoms with van der Waals surface area (Å²) in [5, 5.41) is 6.69. The molecule has 0 saturated heterocycles. The number of hydrogen-bond acceptors (Lipinski definition) is 3. The van der Waals surface area contributed by atoms with Gasteiger partial charge in [0.25, 0.3) is 0 Å². The quantitative estimate of drug-likeness (QED) is 0.595. The fourth-order valence-electron chi connectivity index (χ4n) is 2.10. The van der Waals surface area contributed by atoms with E-state index >= 15 is 0 Å². The van der Waals surface area contributed by atoms with Crippen molar-refractivity contribution in [2.24, 2.45) is 16.8 Å². The number of nitrogens with one attached hydrogen (secondary N) is 2. The molecule has 5 nitrogen and oxygen atoms in total. The predicted molar refractivity (Wildman–Crippen MR) is 83.4 cm³/mol. The Morgan fingerprint density at radius 2 is 2.10 bits per heavy atom. The predicted octanol–water partition coefficient (Wildman–Crippen LogP) is 1.95. The minimum Gasteiger partial charge on any atom is -0.477 e. The zero-order valence-electron chi connectivity index (χ0n) is 12.6. The zero-order chi connectivity index (χ0) is 14.5. The van der Waals surface area contributed by atoms with Gasteiger partial charge in [-0.1, -0.05) is 0 Å². The Bertz CT molecular complexity index is 495. The minimum absolute atomic E-state index is 0.724. The summed E-state index contributed by atoms with van der Waals surface area (Å²) in [6, 6.07) is 4.01. The number of ether oxygens (including phenoxy) is 1. The van der Waals surface area contributed by atoms with Gasteiger partial charge in [-0.25, -0.2) is 4.98 Å². The number of guanidine groups is 1. The standard InChI is InChI=1S/C16H24N4O/c1-17-16(19-9-12-2-3-12)20-10-14-6-7-18-15(8-14)21-11-13-4-5-13/h6-8,12-13H,2-5,9-11H2,1H3,(H2,17,19,20). The molecule has 114 valence electrons. The number of rotatable bonds is 7. The van der Waals surface area contributed by atoms with Crippen LogP contribution < -0.4 is 15.4 Å². The van der Waals surface area contributed by atoms with Crippen LogP contribution in [0.1, 0.15) is 31.2 Å². The van der Waals surface area contributed by atoms with Gasteiger partial charge in [0.2, 0.25) is 5.88 Å². The van der Waals surface area contributed by atoms with E-state index in [2.05, 4.69) is 20.6 Å². The summed E-state index contributed by atoms with van der Waals surface area (Å²) in [5.74, 6) is 3.17. The van der Waals surface area contributed by atoms with Crippen LogP contribution in [0.15, 0.2) is 23.3 Å². The van der Waals surface area contributed by atoms with E-state index in [1.165, 1.54) is 25.7 Å². The van der Waals surface area contributed by atoms with Gasteiger partial charge in [0.1, 0.15) is 0 Å². The molecule has 0 radical (unpaired) electrons. The van der Waals surface area contributed by atoms with Crippen LogP contribution >= 0.6 is 0 Å². The number of pyridine rings is 1. The highest BCUT2D eigenvalue weighted by Crippen LogP contribution is 2.29. The molecule has 0 aromatic carbocycles. The first-order chi connectivity index (χ1) is 10.3. The fraction of sp³-hybridized carbons (Fsp3) is 0.625. The lowest BCUT2D eigenvalue weighted by atomic mass is 10.2. The molecule has 0 bridgehead atoms. The Kier molecular flexibility index (Phi) is 4.58. The number of hydrogen-bond donors (Lipinski definition) is 2. The Morgan fingerprint density at radius 1 is 1.29 bits per heavy atom. The van der Waals surface area contributed by atoms with Gasteiger partial charge in [0, 0.05) is 32.4 Å². The molecule has 2 aliphatic rings. The van der Waals surface area contributed by atoms with Crippen molar-refractivity contribution in [1.29, 1.82) is 0 Å². The summed E-state index contributed by atoms with van der Waals surface area (Å²) in [4.78, 5) is 8.50. The van der Waals surface area contributed by atoms with Crippen LogP contribution in [0.25, 0.3) is 0 Å². The molecule has 3 rings (SSSR count). The Labute approximate surface area is 126 Å². The molecule has 1 aromatic heterocycles. The van der Waals surface area contributed by atoms with Crippen molar-refractivity contribution < 1.29 is 4.74 Å². The molecular formula is C16H24N4O. The molecule has 2 fully saturated rings. The monoisotopic (exact) mass is 288 g/mol. The lowest BCUT2D eigenvalue weighted by Gasteiger charge is -2.12. The molecular weight excluding hydrogens is 264 g/mol. The minimum atomic E-state index is 0.724. The Morgan fingerprint density at radius 3 is 2.81 bits per heavy atom. The van der Waals surface area contributed by atoms with E-state index in [0.717, 1.165) is 48.9 Å². The van der Waals surface area contributed by atoms with Crippen molar-refractivity contribution in [3.05, 3.63) is 23.9 Å².